The van der Waals surface area contributed by atoms with Gasteiger partial charge in [0, 0.05) is 5.75 Å². The molecule has 3 rings (SSSR count). The van der Waals surface area contributed by atoms with Crippen LogP contribution in [0, 0.1) is 5.82 Å². The van der Waals surface area contributed by atoms with E-state index in [9.17, 15) is 4.39 Å². The summed E-state index contributed by atoms with van der Waals surface area (Å²) in [6, 6.07) is 16.7. The zero-order valence-electron chi connectivity index (χ0n) is 11.8. The molecular weight excluding hydrogens is 297 g/mol. The number of hydrogen-bond acceptors (Lipinski definition) is 3. The van der Waals surface area contributed by atoms with E-state index < -0.39 is 0 Å². The third-order valence-corrected chi connectivity index (χ3v) is 3.94. The normalized spacial score (nSPS) is 11.1. The van der Waals surface area contributed by atoms with E-state index in [0.717, 1.165) is 11.3 Å². The van der Waals surface area contributed by atoms with Crippen molar-refractivity contribution in [2.24, 2.45) is 0 Å². The molecular formula is C17H14FN3S. The maximum atomic E-state index is 13.8. The van der Waals surface area contributed by atoms with Gasteiger partial charge in [0.25, 0.3) is 0 Å². The van der Waals surface area contributed by atoms with Crippen LogP contribution < -0.4 is 0 Å². The first-order chi connectivity index (χ1) is 10.8. The van der Waals surface area contributed by atoms with Crippen molar-refractivity contribution in [2.45, 2.75) is 5.16 Å². The van der Waals surface area contributed by atoms with E-state index in [0.29, 0.717) is 10.8 Å². The van der Waals surface area contributed by atoms with Crippen LogP contribution in [0.3, 0.4) is 0 Å². The van der Waals surface area contributed by atoms with Crippen molar-refractivity contribution < 1.29 is 4.39 Å². The third kappa shape index (κ3) is 3.43. The highest BCUT2D eigenvalue weighted by Gasteiger charge is 2.09. The van der Waals surface area contributed by atoms with E-state index in [4.69, 9.17) is 0 Å². The van der Waals surface area contributed by atoms with Crippen LogP contribution in [0.25, 0.3) is 11.8 Å². The second-order valence-corrected chi connectivity index (χ2v) is 5.55. The molecule has 0 aliphatic heterocycles. The molecule has 0 saturated heterocycles. The Labute approximate surface area is 132 Å². The molecule has 0 bridgehead atoms. The van der Waals surface area contributed by atoms with Crippen LogP contribution in [0.5, 0.6) is 0 Å². The highest BCUT2D eigenvalue weighted by atomic mass is 32.2. The van der Waals surface area contributed by atoms with Crippen molar-refractivity contribution in [3.8, 4) is 5.69 Å². The average Bonchev–Trinajstić information content (AvgIpc) is 3.01. The van der Waals surface area contributed by atoms with Crippen molar-refractivity contribution >= 4 is 17.8 Å². The van der Waals surface area contributed by atoms with Crippen LogP contribution in [-0.2, 0) is 0 Å². The van der Waals surface area contributed by atoms with Gasteiger partial charge in [0.1, 0.15) is 12.1 Å². The van der Waals surface area contributed by atoms with Gasteiger partial charge in [0.2, 0.25) is 0 Å². The molecule has 0 atom stereocenters. The zero-order valence-corrected chi connectivity index (χ0v) is 12.6. The van der Waals surface area contributed by atoms with Gasteiger partial charge in [-0.1, -0.05) is 66.4 Å². The minimum atomic E-state index is -0.288. The van der Waals surface area contributed by atoms with Crippen LogP contribution in [0.15, 0.2) is 72.2 Å². The van der Waals surface area contributed by atoms with E-state index in [1.807, 2.05) is 30.3 Å². The van der Waals surface area contributed by atoms with Crippen LogP contribution in [-0.4, -0.2) is 20.5 Å². The lowest BCUT2D eigenvalue weighted by atomic mass is 10.2. The molecule has 3 nitrogen and oxygen atoms in total. The Hall–Kier alpha value is -2.40. The van der Waals surface area contributed by atoms with Gasteiger partial charge in [-0.15, -0.1) is 10.2 Å². The van der Waals surface area contributed by atoms with Crippen molar-refractivity contribution in [3.63, 3.8) is 0 Å². The fourth-order valence-corrected chi connectivity index (χ4v) is 2.74. The first-order valence-corrected chi connectivity index (χ1v) is 7.82. The van der Waals surface area contributed by atoms with Crippen LogP contribution in [0.2, 0.25) is 0 Å². The number of aromatic nitrogens is 3. The van der Waals surface area contributed by atoms with Gasteiger partial charge in [0.05, 0.1) is 5.69 Å². The van der Waals surface area contributed by atoms with Crippen molar-refractivity contribution in [2.75, 3.05) is 5.75 Å². The Balaban J connectivity index is 1.69. The van der Waals surface area contributed by atoms with Gasteiger partial charge in [0.15, 0.2) is 5.16 Å². The van der Waals surface area contributed by atoms with Gasteiger partial charge < -0.3 is 0 Å². The quantitative estimate of drug-likeness (QED) is 0.661. The number of halogens is 1. The Morgan fingerprint density at radius 2 is 1.82 bits per heavy atom. The molecule has 2 aromatic carbocycles. The largest absolute Gasteiger partial charge is 0.274 e. The summed E-state index contributed by atoms with van der Waals surface area (Å²) >= 11 is 1.51. The maximum Gasteiger partial charge on any atom is 0.196 e. The standard InChI is InChI=1S/C17H14FN3S/c18-15-10-4-5-11-16(15)21-13-19-20-17(21)22-12-6-9-14-7-2-1-3-8-14/h1-11,13H,12H2/b9-6+. The van der Waals surface area contributed by atoms with Crippen LogP contribution in [0.1, 0.15) is 5.56 Å². The lowest BCUT2D eigenvalue weighted by Crippen LogP contribution is -1.98. The molecule has 22 heavy (non-hydrogen) atoms. The van der Waals surface area contributed by atoms with Gasteiger partial charge in [-0.25, -0.2) is 4.39 Å². The second-order valence-electron chi connectivity index (χ2n) is 4.56. The Morgan fingerprint density at radius 1 is 1.05 bits per heavy atom. The Bertz CT molecular complexity index is 768. The zero-order chi connectivity index (χ0) is 15.2. The number of thioether (sulfide) groups is 1. The second kappa shape index (κ2) is 7.04. The summed E-state index contributed by atoms with van der Waals surface area (Å²) in [4.78, 5) is 0. The molecule has 0 radical (unpaired) electrons. The predicted molar refractivity (Wildman–Crippen MR) is 87.5 cm³/mol. The van der Waals surface area contributed by atoms with Gasteiger partial charge in [-0.05, 0) is 17.7 Å². The molecule has 5 heteroatoms. The number of nitrogens with zero attached hydrogens (tertiary/aromatic N) is 3. The first kappa shape index (κ1) is 14.5. The smallest absolute Gasteiger partial charge is 0.196 e. The topological polar surface area (TPSA) is 30.7 Å². The van der Waals surface area contributed by atoms with Gasteiger partial charge in [-0.3, -0.25) is 4.57 Å². The van der Waals surface area contributed by atoms with Crippen LogP contribution >= 0.6 is 11.8 Å². The lowest BCUT2D eigenvalue weighted by Gasteiger charge is -2.06. The number of benzene rings is 2. The fraction of sp³-hybridized carbons (Fsp3) is 0.0588. The molecule has 0 N–H and O–H groups in total. The molecule has 110 valence electrons. The molecule has 0 fully saturated rings. The van der Waals surface area contributed by atoms with E-state index in [-0.39, 0.29) is 5.82 Å². The molecule has 0 aliphatic carbocycles. The molecule has 0 unspecified atom stereocenters. The molecule has 1 aromatic heterocycles. The molecule has 0 saturated carbocycles. The van der Waals surface area contributed by atoms with Crippen molar-refractivity contribution in [1.82, 2.24) is 14.8 Å². The minimum Gasteiger partial charge on any atom is -0.274 e. The molecule has 0 spiro atoms. The Morgan fingerprint density at radius 3 is 2.64 bits per heavy atom. The summed E-state index contributed by atoms with van der Waals surface area (Å²) in [5.74, 6) is 0.450. The van der Waals surface area contributed by atoms with E-state index >= 15 is 0 Å². The SMILES string of the molecule is Fc1ccccc1-n1cnnc1SC/C=C/c1ccccc1. The number of rotatable bonds is 5. The molecule has 3 aromatic rings. The summed E-state index contributed by atoms with van der Waals surface area (Å²) in [5, 5.41) is 8.60. The van der Waals surface area contributed by atoms with E-state index in [2.05, 4.69) is 22.3 Å². The summed E-state index contributed by atoms with van der Waals surface area (Å²) in [6.07, 6.45) is 5.64. The number of hydrogen-bond donors (Lipinski definition) is 0. The fourth-order valence-electron chi connectivity index (χ4n) is 2.01. The van der Waals surface area contributed by atoms with Crippen LogP contribution in [0.4, 0.5) is 4.39 Å². The summed E-state index contributed by atoms with van der Waals surface area (Å²) in [7, 11) is 0. The summed E-state index contributed by atoms with van der Waals surface area (Å²) < 4.78 is 15.5. The maximum absolute atomic E-state index is 13.8. The highest BCUT2D eigenvalue weighted by molar-refractivity contribution is 7.99. The predicted octanol–water partition coefficient (Wildman–Crippen LogP) is 4.21. The molecule has 1 heterocycles. The van der Waals surface area contributed by atoms with E-state index in [1.54, 1.807) is 22.8 Å². The first-order valence-electron chi connectivity index (χ1n) is 6.84. The third-order valence-electron chi connectivity index (χ3n) is 3.05. The van der Waals surface area contributed by atoms with Gasteiger partial charge in [-0.2, -0.15) is 0 Å². The van der Waals surface area contributed by atoms with E-state index in [1.165, 1.54) is 24.2 Å². The number of para-hydroxylation sites is 1. The summed E-state index contributed by atoms with van der Waals surface area (Å²) in [5.41, 5.74) is 1.61. The highest BCUT2D eigenvalue weighted by Crippen LogP contribution is 2.21. The summed E-state index contributed by atoms with van der Waals surface area (Å²) in [6.45, 7) is 0. The minimum absolute atomic E-state index is 0.288. The molecule has 0 amide bonds. The monoisotopic (exact) mass is 311 g/mol. The van der Waals surface area contributed by atoms with Crippen molar-refractivity contribution in [3.05, 3.63) is 78.4 Å². The molecule has 0 aliphatic rings. The van der Waals surface area contributed by atoms with Crippen molar-refractivity contribution in [1.29, 1.82) is 0 Å². The average molecular weight is 311 g/mol. The van der Waals surface area contributed by atoms with Gasteiger partial charge >= 0.3 is 0 Å². The Kier molecular flexibility index (Phi) is 4.65. The lowest BCUT2D eigenvalue weighted by molar-refractivity contribution is 0.613.